The Morgan fingerprint density at radius 2 is 1.90 bits per heavy atom. The molecule has 0 aliphatic carbocycles. The van der Waals surface area contributed by atoms with Crippen molar-refractivity contribution in [2.45, 2.75) is 12.3 Å². The number of carbonyl (C=O) groups excluding carboxylic acids is 1. The van der Waals surface area contributed by atoms with E-state index in [1.165, 1.54) is 27.8 Å². The topological polar surface area (TPSA) is 70.9 Å². The number of para-hydroxylation sites is 1. The summed E-state index contributed by atoms with van der Waals surface area (Å²) in [5.74, 6) is 0.729. The molecule has 0 aliphatic heterocycles. The van der Waals surface area contributed by atoms with Gasteiger partial charge in [-0.3, -0.25) is 4.79 Å². The van der Waals surface area contributed by atoms with Crippen LogP contribution in [0.5, 0.6) is 0 Å². The Hall–Kier alpha value is -3.64. The van der Waals surface area contributed by atoms with E-state index in [9.17, 15) is 4.79 Å². The highest BCUT2D eigenvalue weighted by atomic mass is 32.1. The van der Waals surface area contributed by atoms with Gasteiger partial charge in [-0.2, -0.15) is 0 Å². The smallest absolute Gasteiger partial charge is 0.226 e. The zero-order valence-electron chi connectivity index (χ0n) is 16.7. The summed E-state index contributed by atoms with van der Waals surface area (Å²) in [7, 11) is 0. The van der Waals surface area contributed by atoms with E-state index in [1.54, 1.807) is 6.26 Å². The third-order valence-electron chi connectivity index (χ3n) is 5.33. The average molecular weight is 428 g/mol. The highest BCUT2D eigenvalue weighted by Crippen LogP contribution is 2.30. The number of aromatic nitrogens is 2. The fourth-order valence-electron chi connectivity index (χ4n) is 3.82. The number of hydrogen-bond donors (Lipinski definition) is 2. The minimum atomic E-state index is -0.0444. The first-order chi connectivity index (χ1) is 15.3. The van der Waals surface area contributed by atoms with E-state index in [2.05, 4.69) is 39.6 Å². The van der Waals surface area contributed by atoms with Gasteiger partial charge in [0.15, 0.2) is 10.8 Å². The van der Waals surface area contributed by atoms with Crippen molar-refractivity contribution in [1.29, 1.82) is 0 Å². The quantitative estimate of drug-likeness (QED) is 0.367. The number of furan rings is 1. The molecular formula is C25H21N3O2S. The maximum absolute atomic E-state index is 12.7. The van der Waals surface area contributed by atoms with Crippen LogP contribution in [0.2, 0.25) is 0 Å². The summed E-state index contributed by atoms with van der Waals surface area (Å²) >= 11 is 1.48. The van der Waals surface area contributed by atoms with Gasteiger partial charge >= 0.3 is 0 Å². The minimum absolute atomic E-state index is 0.0444. The molecule has 5 rings (SSSR count). The van der Waals surface area contributed by atoms with Crippen molar-refractivity contribution in [2.75, 3.05) is 6.54 Å². The Morgan fingerprint density at radius 3 is 2.74 bits per heavy atom. The van der Waals surface area contributed by atoms with E-state index in [0.717, 1.165) is 22.0 Å². The van der Waals surface area contributed by atoms with Gasteiger partial charge in [-0.25, -0.2) is 4.98 Å². The summed E-state index contributed by atoms with van der Waals surface area (Å²) in [5.41, 5.74) is 4.19. The van der Waals surface area contributed by atoms with Gasteiger partial charge in [0.25, 0.3) is 0 Å². The van der Waals surface area contributed by atoms with Crippen molar-refractivity contribution in [2.24, 2.45) is 0 Å². The second-order valence-electron chi connectivity index (χ2n) is 7.36. The molecule has 31 heavy (non-hydrogen) atoms. The van der Waals surface area contributed by atoms with Gasteiger partial charge in [-0.05, 0) is 29.3 Å². The third kappa shape index (κ3) is 4.15. The Bertz CT molecular complexity index is 1290. The van der Waals surface area contributed by atoms with E-state index in [1.807, 2.05) is 54.0 Å². The highest BCUT2D eigenvalue weighted by Gasteiger charge is 2.19. The number of benzene rings is 2. The highest BCUT2D eigenvalue weighted by molar-refractivity contribution is 7.13. The van der Waals surface area contributed by atoms with Gasteiger partial charge in [-0.1, -0.05) is 48.5 Å². The molecule has 0 fully saturated rings. The SMILES string of the molecule is O=C(Cc1csc(-c2ccco2)n1)NC[C@H](c1ccccc1)c1c[nH]c2ccccc12. The first-order valence-corrected chi connectivity index (χ1v) is 11.0. The van der Waals surface area contributed by atoms with Crippen LogP contribution in [-0.2, 0) is 11.2 Å². The van der Waals surface area contributed by atoms with Gasteiger partial charge in [0.1, 0.15) is 0 Å². The van der Waals surface area contributed by atoms with Crippen LogP contribution in [0, 0.1) is 0 Å². The zero-order chi connectivity index (χ0) is 21.0. The number of amides is 1. The molecule has 0 unspecified atom stereocenters. The van der Waals surface area contributed by atoms with E-state index in [0.29, 0.717) is 6.54 Å². The van der Waals surface area contributed by atoms with Crippen molar-refractivity contribution in [3.8, 4) is 10.8 Å². The number of hydrogen-bond acceptors (Lipinski definition) is 4. The van der Waals surface area contributed by atoms with E-state index < -0.39 is 0 Å². The average Bonchev–Trinajstić information content (AvgIpc) is 3.56. The van der Waals surface area contributed by atoms with E-state index in [-0.39, 0.29) is 18.2 Å². The molecule has 0 aliphatic rings. The summed E-state index contributed by atoms with van der Waals surface area (Å²) in [4.78, 5) is 20.6. The number of nitrogens with one attached hydrogen (secondary N) is 2. The summed E-state index contributed by atoms with van der Waals surface area (Å²) in [5, 5.41) is 6.98. The minimum Gasteiger partial charge on any atom is -0.462 e. The maximum atomic E-state index is 12.7. The molecule has 0 saturated carbocycles. The van der Waals surface area contributed by atoms with Crippen LogP contribution in [0.1, 0.15) is 22.7 Å². The summed E-state index contributed by atoms with van der Waals surface area (Å²) in [6, 6.07) is 22.2. The first kappa shape index (κ1) is 19.3. The lowest BCUT2D eigenvalue weighted by Gasteiger charge is -2.18. The molecule has 0 saturated heterocycles. The van der Waals surface area contributed by atoms with Crippen LogP contribution in [-0.4, -0.2) is 22.4 Å². The van der Waals surface area contributed by atoms with E-state index >= 15 is 0 Å². The predicted octanol–water partition coefficient (Wildman–Crippen LogP) is 5.38. The fraction of sp³-hybridized carbons (Fsp3) is 0.120. The van der Waals surface area contributed by atoms with E-state index in [4.69, 9.17) is 4.42 Å². The van der Waals surface area contributed by atoms with Crippen LogP contribution < -0.4 is 5.32 Å². The van der Waals surface area contributed by atoms with Crippen LogP contribution >= 0.6 is 11.3 Å². The standard InChI is InChI=1S/C25H21N3O2S/c29-24(13-18-16-31-25(28-18)23-11-6-12-30-23)27-14-20(17-7-2-1-3-8-17)21-15-26-22-10-5-4-9-19(21)22/h1-12,15-16,20,26H,13-14H2,(H,27,29)/t20-/m1/s1. The second-order valence-corrected chi connectivity index (χ2v) is 8.21. The molecule has 6 heteroatoms. The number of carbonyl (C=O) groups is 1. The first-order valence-electron chi connectivity index (χ1n) is 10.1. The molecule has 5 aromatic rings. The second kappa shape index (κ2) is 8.62. The van der Waals surface area contributed by atoms with Crippen molar-refractivity contribution in [1.82, 2.24) is 15.3 Å². The number of rotatable bonds is 7. The predicted molar refractivity (Wildman–Crippen MR) is 123 cm³/mol. The molecule has 0 bridgehead atoms. The molecule has 1 amide bonds. The number of fused-ring (bicyclic) bond motifs is 1. The Balaban J connectivity index is 1.32. The number of nitrogens with zero attached hydrogens (tertiary/aromatic N) is 1. The van der Waals surface area contributed by atoms with Gasteiger partial charge in [0.2, 0.25) is 5.91 Å². The third-order valence-corrected chi connectivity index (χ3v) is 6.23. The molecule has 1 atom stereocenters. The van der Waals surface area contributed by atoms with Crippen LogP contribution in [0.15, 0.2) is 89.0 Å². The summed E-state index contributed by atoms with van der Waals surface area (Å²) < 4.78 is 5.39. The van der Waals surface area contributed by atoms with Crippen LogP contribution in [0.4, 0.5) is 0 Å². The van der Waals surface area contributed by atoms with Gasteiger partial charge in [-0.15, -0.1) is 11.3 Å². The lowest BCUT2D eigenvalue weighted by molar-refractivity contribution is -0.120. The molecule has 3 aromatic heterocycles. The monoisotopic (exact) mass is 427 g/mol. The lowest BCUT2D eigenvalue weighted by Crippen LogP contribution is -2.30. The normalized spacial score (nSPS) is 12.1. The Kier molecular flexibility index (Phi) is 5.37. The van der Waals surface area contributed by atoms with Gasteiger partial charge < -0.3 is 14.7 Å². The molecule has 2 N–H and O–H groups in total. The van der Waals surface area contributed by atoms with Crippen molar-refractivity contribution < 1.29 is 9.21 Å². The fourth-order valence-corrected chi connectivity index (χ4v) is 4.61. The molecule has 0 spiro atoms. The molecule has 154 valence electrons. The van der Waals surface area contributed by atoms with Gasteiger partial charge in [0, 0.05) is 34.9 Å². The van der Waals surface area contributed by atoms with Crippen molar-refractivity contribution >= 4 is 28.1 Å². The van der Waals surface area contributed by atoms with Crippen LogP contribution in [0.25, 0.3) is 21.7 Å². The van der Waals surface area contributed by atoms with Crippen molar-refractivity contribution in [3.05, 3.63) is 101 Å². The number of H-pyrrole nitrogens is 1. The molecule has 3 heterocycles. The zero-order valence-corrected chi connectivity index (χ0v) is 17.6. The molecule has 2 aromatic carbocycles. The summed E-state index contributed by atoms with van der Waals surface area (Å²) in [6.45, 7) is 0.514. The largest absolute Gasteiger partial charge is 0.462 e. The number of aromatic amines is 1. The van der Waals surface area contributed by atoms with Crippen molar-refractivity contribution in [3.63, 3.8) is 0 Å². The molecule has 5 nitrogen and oxygen atoms in total. The lowest BCUT2D eigenvalue weighted by atomic mass is 9.91. The van der Waals surface area contributed by atoms with Gasteiger partial charge in [0.05, 0.1) is 18.4 Å². The summed E-state index contributed by atoms with van der Waals surface area (Å²) in [6.07, 6.45) is 3.91. The Morgan fingerprint density at radius 1 is 1.06 bits per heavy atom. The number of thiazole rings is 1. The molecular weight excluding hydrogens is 406 g/mol. The maximum Gasteiger partial charge on any atom is 0.226 e. The molecule has 0 radical (unpaired) electrons. The van der Waals surface area contributed by atoms with Crippen LogP contribution in [0.3, 0.4) is 0 Å². The Labute approximate surface area is 183 Å².